The van der Waals surface area contributed by atoms with Crippen LogP contribution in [-0.4, -0.2) is 61.8 Å². The lowest BCUT2D eigenvalue weighted by atomic mass is 10.1. The van der Waals surface area contributed by atoms with Crippen LogP contribution in [0.15, 0.2) is 29.2 Å². The summed E-state index contributed by atoms with van der Waals surface area (Å²) < 4.78 is 39.9. The number of carbonyl (C=O) groups is 1. The smallest absolute Gasteiger partial charge is 0.243 e. The number of halogens is 1. The van der Waals surface area contributed by atoms with Gasteiger partial charge in [-0.3, -0.25) is 9.69 Å². The molecule has 2 aliphatic rings. The molecule has 0 radical (unpaired) electrons. The molecule has 1 N–H and O–H groups in total. The van der Waals surface area contributed by atoms with Gasteiger partial charge in [-0.2, -0.15) is 4.31 Å². The topological polar surface area (TPSA) is 69.7 Å². The SMILES string of the molecule is C[C@H](C(=O)NC1CCCCCC1)N1CCN(S(=O)(=O)c2ccc(F)cc2)CC1. The molecule has 0 bridgehead atoms. The van der Waals surface area contributed by atoms with Gasteiger partial charge >= 0.3 is 0 Å². The van der Waals surface area contributed by atoms with Crippen molar-refractivity contribution in [3.63, 3.8) is 0 Å². The number of amides is 1. The highest BCUT2D eigenvalue weighted by Crippen LogP contribution is 2.20. The van der Waals surface area contributed by atoms with Crippen LogP contribution in [-0.2, 0) is 14.8 Å². The van der Waals surface area contributed by atoms with Gasteiger partial charge in [0.25, 0.3) is 0 Å². The molecule has 0 aromatic heterocycles. The number of rotatable bonds is 5. The van der Waals surface area contributed by atoms with Gasteiger partial charge in [-0.1, -0.05) is 25.7 Å². The predicted molar refractivity (Wildman–Crippen MR) is 106 cm³/mol. The molecule has 1 aromatic carbocycles. The van der Waals surface area contributed by atoms with E-state index in [1.165, 1.54) is 42.1 Å². The number of hydrogen-bond acceptors (Lipinski definition) is 4. The highest BCUT2D eigenvalue weighted by molar-refractivity contribution is 7.89. The van der Waals surface area contributed by atoms with Crippen LogP contribution in [0.25, 0.3) is 0 Å². The molecule has 1 aliphatic heterocycles. The molecule has 28 heavy (non-hydrogen) atoms. The quantitative estimate of drug-likeness (QED) is 0.756. The van der Waals surface area contributed by atoms with Gasteiger partial charge in [0, 0.05) is 32.2 Å². The molecule has 156 valence electrons. The van der Waals surface area contributed by atoms with Crippen LogP contribution in [0.4, 0.5) is 4.39 Å². The maximum atomic E-state index is 13.1. The fourth-order valence-corrected chi connectivity index (χ4v) is 5.42. The van der Waals surface area contributed by atoms with Crippen LogP contribution in [0.2, 0.25) is 0 Å². The third kappa shape index (κ3) is 5.10. The maximum Gasteiger partial charge on any atom is 0.243 e. The van der Waals surface area contributed by atoms with Gasteiger partial charge in [-0.05, 0) is 44.0 Å². The summed E-state index contributed by atoms with van der Waals surface area (Å²) in [6.07, 6.45) is 6.90. The van der Waals surface area contributed by atoms with Gasteiger partial charge in [-0.25, -0.2) is 12.8 Å². The number of benzene rings is 1. The second kappa shape index (κ2) is 9.33. The summed E-state index contributed by atoms with van der Waals surface area (Å²) >= 11 is 0. The lowest BCUT2D eigenvalue weighted by molar-refractivity contribution is -0.127. The minimum Gasteiger partial charge on any atom is -0.352 e. The van der Waals surface area contributed by atoms with Gasteiger partial charge in [0.2, 0.25) is 15.9 Å². The van der Waals surface area contributed by atoms with E-state index in [2.05, 4.69) is 5.32 Å². The summed E-state index contributed by atoms with van der Waals surface area (Å²) in [5.74, 6) is -0.431. The number of nitrogens with zero attached hydrogens (tertiary/aromatic N) is 2. The lowest BCUT2D eigenvalue weighted by Gasteiger charge is -2.37. The number of hydrogen-bond donors (Lipinski definition) is 1. The van der Waals surface area contributed by atoms with Crippen molar-refractivity contribution in [2.75, 3.05) is 26.2 Å². The second-order valence-corrected chi connectivity index (χ2v) is 9.70. The van der Waals surface area contributed by atoms with E-state index in [0.717, 1.165) is 25.0 Å². The first-order valence-electron chi connectivity index (χ1n) is 10.2. The van der Waals surface area contributed by atoms with Crippen LogP contribution in [0, 0.1) is 5.82 Å². The van der Waals surface area contributed by atoms with Crippen LogP contribution in [0.3, 0.4) is 0 Å². The summed E-state index contributed by atoms with van der Waals surface area (Å²) in [5.41, 5.74) is 0. The molecule has 1 aromatic rings. The van der Waals surface area contributed by atoms with E-state index in [9.17, 15) is 17.6 Å². The van der Waals surface area contributed by atoms with Gasteiger partial charge in [0.15, 0.2) is 0 Å². The van der Waals surface area contributed by atoms with E-state index >= 15 is 0 Å². The molecule has 1 amide bonds. The van der Waals surface area contributed by atoms with Crippen molar-refractivity contribution in [1.29, 1.82) is 0 Å². The van der Waals surface area contributed by atoms with Gasteiger partial charge in [0.05, 0.1) is 10.9 Å². The highest BCUT2D eigenvalue weighted by Gasteiger charge is 2.32. The Morgan fingerprint density at radius 2 is 1.61 bits per heavy atom. The van der Waals surface area contributed by atoms with Crippen LogP contribution in [0.5, 0.6) is 0 Å². The Morgan fingerprint density at radius 3 is 2.18 bits per heavy atom. The van der Waals surface area contributed by atoms with Crippen LogP contribution < -0.4 is 5.32 Å². The molecular weight excluding hydrogens is 381 g/mol. The predicted octanol–water partition coefficient (Wildman–Crippen LogP) is 2.36. The van der Waals surface area contributed by atoms with Crippen molar-refractivity contribution in [1.82, 2.24) is 14.5 Å². The average Bonchev–Trinajstić information content (AvgIpc) is 2.96. The fourth-order valence-electron chi connectivity index (χ4n) is 4.00. The molecule has 6 nitrogen and oxygen atoms in total. The highest BCUT2D eigenvalue weighted by atomic mass is 32.2. The zero-order chi connectivity index (χ0) is 20.1. The molecule has 2 fully saturated rings. The first-order valence-corrected chi connectivity index (χ1v) is 11.6. The average molecular weight is 412 g/mol. The summed E-state index contributed by atoms with van der Waals surface area (Å²) in [5, 5.41) is 3.18. The third-order valence-corrected chi connectivity index (χ3v) is 7.77. The van der Waals surface area contributed by atoms with E-state index in [4.69, 9.17) is 0 Å². The molecule has 0 spiro atoms. The van der Waals surface area contributed by atoms with Crippen LogP contribution in [0.1, 0.15) is 45.4 Å². The Balaban J connectivity index is 1.53. The fraction of sp³-hybridized carbons (Fsp3) is 0.650. The summed E-state index contributed by atoms with van der Waals surface area (Å²) in [7, 11) is -3.64. The Bertz CT molecular complexity index is 753. The molecule has 1 heterocycles. The Kier molecular flexibility index (Phi) is 7.06. The first-order chi connectivity index (χ1) is 13.4. The molecule has 0 unspecified atom stereocenters. The van der Waals surface area contributed by atoms with Gasteiger partial charge < -0.3 is 5.32 Å². The summed E-state index contributed by atoms with van der Waals surface area (Å²) in [4.78, 5) is 14.8. The van der Waals surface area contributed by atoms with Crippen LogP contribution >= 0.6 is 0 Å². The second-order valence-electron chi connectivity index (χ2n) is 7.77. The standard InChI is InChI=1S/C20H30FN3O3S/c1-16(20(25)22-18-6-4-2-3-5-7-18)23-12-14-24(15-13-23)28(26,27)19-10-8-17(21)9-11-19/h8-11,16,18H,2-7,12-15H2,1H3,(H,22,25)/t16-/m1/s1. The van der Waals surface area contributed by atoms with Gasteiger partial charge in [-0.15, -0.1) is 0 Å². The molecule has 1 saturated carbocycles. The number of sulfonamides is 1. The van der Waals surface area contributed by atoms with E-state index in [0.29, 0.717) is 26.2 Å². The number of piperazine rings is 1. The van der Waals surface area contributed by atoms with Crippen molar-refractivity contribution in [3.05, 3.63) is 30.1 Å². The Hall–Kier alpha value is -1.51. The summed E-state index contributed by atoms with van der Waals surface area (Å²) in [6.45, 7) is 3.52. The molecule has 1 aliphatic carbocycles. The van der Waals surface area contributed by atoms with Crippen molar-refractivity contribution < 1.29 is 17.6 Å². The molecular formula is C20H30FN3O3S. The van der Waals surface area contributed by atoms with Crippen molar-refractivity contribution in [2.45, 2.75) is 62.4 Å². The molecule has 1 saturated heterocycles. The normalized spacial score (nSPS) is 21.8. The van der Waals surface area contributed by atoms with Gasteiger partial charge in [0.1, 0.15) is 5.82 Å². The molecule has 1 atom stereocenters. The Morgan fingerprint density at radius 1 is 1.04 bits per heavy atom. The zero-order valence-corrected chi connectivity index (χ0v) is 17.3. The maximum absolute atomic E-state index is 13.1. The minimum atomic E-state index is -3.64. The van der Waals surface area contributed by atoms with Crippen molar-refractivity contribution in [3.8, 4) is 0 Å². The summed E-state index contributed by atoms with van der Waals surface area (Å²) in [6, 6.07) is 4.88. The third-order valence-electron chi connectivity index (χ3n) is 5.85. The van der Waals surface area contributed by atoms with Crippen molar-refractivity contribution in [2.24, 2.45) is 0 Å². The molecule has 3 rings (SSSR count). The van der Waals surface area contributed by atoms with Crippen molar-refractivity contribution >= 4 is 15.9 Å². The first kappa shape index (κ1) is 21.2. The van der Waals surface area contributed by atoms with E-state index in [-0.39, 0.29) is 22.9 Å². The van der Waals surface area contributed by atoms with E-state index < -0.39 is 15.8 Å². The largest absolute Gasteiger partial charge is 0.352 e. The Labute approximate surface area is 167 Å². The number of carbonyl (C=O) groups excluding carboxylic acids is 1. The molecule has 8 heteroatoms. The van der Waals surface area contributed by atoms with E-state index in [1.807, 2.05) is 11.8 Å². The van der Waals surface area contributed by atoms with E-state index in [1.54, 1.807) is 0 Å². The number of nitrogens with one attached hydrogen (secondary N) is 1. The monoisotopic (exact) mass is 411 g/mol. The zero-order valence-electron chi connectivity index (χ0n) is 16.4. The lowest BCUT2D eigenvalue weighted by Crippen LogP contribution is -2.55. The minimum absolute atomic E-state index is 0.0294.